The van der Waals surface area contributed by atoms with E-state index in [0.29, 0.717) is 12.8 Å². The lowest BCUT2D eigenvalue weighted by Crippen LogP contribution is -2.11. The summed E-state index contributed by atoms with van der Waals surface area (Å²) >= 11 is 0. The van der Waals surface area contributed by atoms with Gasteiger partial charge in [-0.3, -0.25) is 9.59 Å². The van der Waals surface area contributed by atoms with Crippen molar-refractivity contribution in [1.29, 1.82) is 0 Å². The molecule has 0 aromatic heterocycles. The Balaban J connectivity index is 3.65. The zero-order chi connectivity index (χ0) is 16.6. The summed E-state index contributed by atoms with van der Waals surface area (Å²) in [6, 6.07) is 0. The molecule has 2 N–H and O–H groups in total. The molecule has 0 saturated carbocycles. The van der Waals surface area contributed by atoms with Crippen LogP contribution in [0.4, 0.5) is 0 Å². The number of aliphatic carboxylic acids is 2. The van der Waals surface area contributed by atoms with Gasteiger partial charge in [0.25, 0.3) is 0 Å². The normalized spacial score (nSPS) is 12.6. The van der Waals surface area contributed by atoms with Crippen LogP contribution in [0.2, 0.25) is 0 Å². The number of rotatable bonds is 15. The number of allylic oxidation sites excluding steroid dienone is 1. The lowest BCUT2D eigenvalue weighted by Gasteiger charge is -2.06. The fourth-order valence-corrected chi connectivity index (χ4v) is 2.43. The first-order valence-corrected chi connectivity index (χ1v) is 8.69. The third-order valence-electron chi connectivity index (χ3n) is 3.82. The fourth-order valence-electron chi connectivity index (χ4n) is 2.43. The monoisotopic (exact) mass is 312 g/mol. The van der Waals surface area contributed by atoms with Gasteiger partial charge in [0, 0.05) is 6.42 Å². The van der Waals surface area contributed by atoms with E-state index in [0.717, 1.165) is 12.8 Å². The molecule has 4 nitrogen and oxygen atoms in total. The number of unbranched alkanes of at least 4 members (excludes halogenated alkanes) is 8. The molecular formula is C18H32O4. The van der Waals surface area contributed by atoms with Crippen molar-refractivity contribution in [2.24, 2.45) is 5.92 Å². The molecular weight excluding hydrogens is 280 g/mol. The van der Waals surface area contributed by atoms with Gasteiger partial charge in [0.05, 0.1) is 5.92 Å². The van der Waals surface area contributed by atoms with E-state index in [4.69, 9.17) is 10.2 Å². The average molecular weight is 312 g/mol. The summed E-state index contributed by atoms with van der Waals surface area (Å²) in [6.07, 6.45) is 15.6. The summed E-state index contributed by atoms with van der Waals surface area (Å²) in [5, 5.41) is 17.6. The molecule has 0 heterocycles. The topological polar surface area (TPSA) is 74.6 Å². The second-order valence-electron chi connectivity index (χ2n) is 5.92. The lowest BCUT2D eigenvalue weighted by molar-refractivity contribution is -0.141. The molecule has 0 saturated heterocycles. The van der Waals surface area contributed by atoms with Crippen molar-refractivity contribution in [3.05, 3.63) is 12.2 Å². The van der Waals surface area contributed by atoms with Crippen LogP contribution in [0.5, 0.6) is 0 Å². The van der Waals surface area contributed by atoms with E-state index in [1.165, 1.54) is 44.9 Å². The van der Waals surface area contributed by atoms with Crippen LogP contribution in [0, 0.1) is 5.92 Å². The molecule has 1 unspecified atom stereocenters. The van der Waals surface area contributed by atoms with E-state index in [-0.39, 0.29) is 6.42 Å². The summed E-state index contributed by atoms with van der Waals surface area (Å²) in [7, 11) is 0. The largest absolute Gasteiger partial charge is 0.481 e. The molecule has 0 fully saturated rings. The third-order valence-corrected chi connectivity index (χ3v) is 3.82. The summed E-state index contributed by atoms with van der Waals surface area (Å²) in [4.78, 5) is 21.5. The zero-order valence-electron chi connectivity index (χ0n) is 13.9. The first-order valence-electron chi connectivity index (χ1n) is 8.69. The van der Waals surface area contributed by atoms with Gasteiger partial charge in [0.15, 0.2) is 0 Å². The lowest BCUT2D eigenvalue weighted by atomic mass is 10.0. The smallest absolute Gasteiger partial charge is 0.310 e. The Morgan fingerprint density at radius 1 is 0.909 bits per heavy atom. The van der Waals surface area contributed by atoms with Gasteiger partial charge in [-0.1, -0.05) is 64.0 Å². The van der Waals surface area contributed by atoms with Crippen molar-refractivity contribution in [1.82, 2.24) is 0 Å². The van der Waals surface area contributed by atoms with Crippen LogP contribution in [-0.4, -0.2) is 22.2 Å². The first kappa shape index (κ1) is 20.7. The highest BCUT2D eigenvalue weighted by Gasteiger charge is 2.13. The van der Waals surface area contributed by atoms with Crippen LogP contribution in [-0.2, 0) is 9.59 Å². The maximum absolute atomic E-state index is 11.1. The van der Waals surface area contributed by atoms with Crippen LogP contribution < -0.4 is 0 Å². The summed E-state index contributed by atoms with van der Waals surface area (Å²) in [5.41, 5.74) is 0. The predicted octanol–water partition coefficient (Wildman–Crippen LogP) is 5.03. The molecule has 22 heavy (non-hydrogen) atoms. The number of carboxylic acid groups (broad SMARTS) is 2. The van der Waals surface area contributed by atoms with E-state index in [1.807, 2.05) is 6.08 Å². The van der Waals surface area contributed by atoms with Crippen LogP contribution in [0.15, 0.2) is 12.2 Å². The average Bonchev–Trinajstić information content (AvgIpc) is 2.46. The molecule has 1 atom stereocenters. The van der Waals surface area contributed by atoms with Crippen molar-refractivity contribution in [2.45, 2.75) is 84.0 Å². The maximum Gasteiger partial charge on any atom is 0.310 e. The van der Waals surface area contributed by atoms with Gasteiger partial charge in [-0.15, -0.1) is 0 Å². The minimum atomic E-state index is -0.868. The SMILES string of the molecule is CCCCCCCCCCC=CC(CCCC(=O)O)C(=O)O. The van der Waals surface area contributed by atoms with Gasteiger partial charge in [0.2, 0.25) is 0 Å². The van der Waals surface area contributed by atoms with Gasteiger partial charge >= 0.3 is 11.9 Å². The molecule has 0 radical (unpaired) electrons. The molecule has 0 amide bonds. The van der Waals surface area contributed by atoms with Gasteiger partial charge in [-0.2, -0.15) is 0 Å². The molecule has 0 rings (SSSR count). The molecule has 0 aromatic rings. The highest BCUT2D eigenvalue weighted by atomic mass is 16.4. The predicted molar refractivity (Wildman–Crippen MR) is 89.0 cm³/mol. The van der Waals surface area contributed by atoms with Gasteiger partial charge in [-0.25, -0.2) is 0 Å². The Morgan fingerprint density at radius 3 is 2.05 bits per heavy atom. The number of hydrogen-bond donors (Lipinski definition) is 2. The van der Waals surface area contributed by atoms with Crippen molar-refractivity contribution in [3.63, 3.8) is 0 Å². The van der Waals surface area contributed by atoms with Crippen molar-refractivity contribution >= 4 is 11.9 Å². The van der Waals surface area contributed by atoms with Gasteiger partial charge < -0.3 is 10.2 Å². The van der Waals surface area contributed by atoms with Crippen molar-refractivity contribution in [3.8, 4) is 0 Å². The molecule has 0 aliphatic heterocycles. The Kier molecular flexibility index (Phi) is 13.7. The van der Waals surface area contributed by atoms with E-state index in [1.54, 1.807) is 6.08 Å². The second kappa shape index (κ2) is 14.6. The molecule has 0 aliphatic rings. The summed E-state index contributed by atoms with van der Waals surface area (Å²) < 4.78 is 0. The van der Waals surface area contributed by atoms with E-state index in [2.05, 4.69) is 6.92 Å². The quantitative estimate of drug-likeness (QED) is 0.328. The van der Waals surface area contributed by atoms with Crippen LogP contribution in [0.1, 0.15) is 84.0 Å². The van der Waals surface area contributed by atoms with Crippen molar-refractivity contribution < 1.29 is 19.8 Å². The standard InChI is InChI=1S/C18H32O4/c1-2-3-4-5-6-7-8-9-10-11-13-16(18(21)22)14-12-15-17(19)20/h11,13,16H,2-10,12,14-15H2,1H3,(H,19,20)(H,21,22). The summed E-state index contributed by atoms with van der Waals surface area (Å²) in [6.45, 7) is 2.22. The Bertz CT molecular complexity index is 323. The highest BCUT2D eigenvalue weighted by Crippen LogP contribution is 2.13. The van der Waals surface area contributed by atoms with Gasteiger partial charge in [-0.05, 0) is 25.7 Å². The van der Waals surface area contributed by atoms with E-state index in [9.17, 15) is 9.59 Å². The van der Waals surface area contributed by atoms with Crippen LogP contribution >= 0.6 is 0 Å². The Morgan fingerprint density at radius 2 is 1.50 bits per heavy atom. The van der Waals surface area contributed by atoms with Crippen LogP contribution in [0.3, 0.4) is 0 Å². The number of carboxylic acids is 2. The maximum atomic E-state index is 11.1. The Labute approximate surface area is 134 Å². The number of hydrogen-bond acceptors (Lipinski definition) is 2. The highest BCUT2D eigenvalue weighted by molar-refractivity contribution is 5.72. The summed E-state index contributed by atoms with van der Waals surface area (Å²) in [5.74, 6) is -2.28. The van der Waals surface area contributed by atoms with E-state index < -0.39 is 17.9 Å². The molecule has 128 valence electrons. The minimum absolute atomic E-state index is 0.0374. The first-order chi connectivity index (χ1) is 10.6. The molecule has 0 aromatic carbocycles. The molecule has 4 heteroatoms. The van der Waals surface area contributed by atoms with E-state index >= 15 is 0 Å². The Hall–Kier alpha value is -1.32. The second-order valence-corrected chi connectivity index (χ2v) is 5.92. The third kappa shape index (κ3) is 13.7. The number of carbonyl (C=O) groups is 2. The van der Waals surface area contributed by atoms with Gasteiger partial charge in [0.1, 0.15) is 0 Å². The van der Waals surface area contributed by atoms with Crippen LogP contribution in [0.25, 0.3) is 0 Å². The molecule has 0 spiro atoms. The minimum Gasteiger partial charge on any atom is -0.481 e. The molecule has 0 bridgehead atoms. The molecule has 0 aliphatic carbocycles. The fraction of sp³-hybridized carbons (Fsp3) is 0.778. The zero-order valence-corrected chi connectivity index (χ0v) is 13.9. The van der Waals surface area contributed by atoms with Crippen molar-refractivity contribution in [2.75, 3.05) is 0 Å².